The van der Waals surface area contributed by atoms with Crippen molar-refractivity contribution in [2.24, 2.45) is 0 Å². The van der Waals surface area contributed by atoms with Crippen molar-refractivity contribution < 1.29 is 13.5 Å². The van der Waals surface area contributed by atoms with E-state index in [1.807, 2.05) is 0 Å². The first kappa shape index (κ1) is 13.5. The fourth-order valence-corrected chi connectivity index (χ4v) is 3.34. The number of aliphatic hydroxyl groups is 1. The van der Waals surface area contributed by atoms with Gasteiger partial charge in [0.25, 0.3) is 0 Å². The van der Waals surface area contributed by atoms with E-state index in [2.05, 4.69) is 5.32 Å². The van der Waals surface area contributed by atoms with Crippen molar-refractivity contribution in [2.45, 2.75) is 36.3 Å². The Hall–Kier alpha value is -0.910. The first-order valence-corrected chi connectivity index (χ1v) is 7.92. The highest BCUT2D eigenvalue weighted by Gasteiger charge is 2.22. The Balaban J connectivity index is 1.87. The second kappa shape index (κ2) is 5.82. The van der Waals surface area contributed by atoms with Crippen molar-refractivity contribution in [3.63, 3.8) is 0 Å². The lowest BCUT2D eigenvalue weighted by Crippen LogP contribution is -2.41. The average molecular weight is 269 g/mol. The van der Waals surface area contributed by atoms with E-state index in [1.165, 1.54) is 6.42 Å². The molecule has 0 radical (unpaired) electrons. The third kappa shape index (κ3) is 3.54. The summed E-state index contributed by atoms with van der Waals surface area (Å²) >= 11 is 0. The van der Waals surface area contributed by atoms with Gasteiger partial charge in [-0.3, -0.25) is 0 Å². The lowest BCUT2D eigenvalue weighted by molar-refractivity contribution is 0.178. The van der Waals surface area contributed by atoms with Crippen LogP contribution in [0.3, 0.4) is 0 Å². The standard InChI is InChI=1S/C13H19NO3S/c15-12(9-14-11-5-4-6-11)10-18(16,17)13-7-2-1-3-8-13/h1-3,7-8,11-12,14-15H,4-6,9-10H2. The van der Waals surface area contributed by atoms with Crippen molar-refractivity contribution in [3.8, 4) is 0 Å². The van der Waals surface area contributed by atoms with Crippen LogP contribution in [0.15, 0.2) is 35.2 Å². The highest BCUT2D eigenvalue weighted by Crippen LogP contribution is 2.18. The molecule has 0 heterocycles. The maximum atomic E-state index is 12.0. The van der Waals surface area contributed by atoms with Crippen molar-refractivity contribution >= 4 is 9.84 Å². The van der Waals surface area contributed by atoms with E-state index < -0.39 is 15.9 Å². The number of sulfone groups is 1. The van der Waals surface area contributed by atoms with Crippen LogP contribution >= 0.6 is 0 Å². The molecule has 4 nitrogen and oxygen atoms in total. The van der Waals surface area contributed by atoms with Gasteiger partial charge >= 0.3 is 0 Å². The molecule has 1 unspecified atom stereocenters. The Bertz CT molecular complexity index is 468. The Morgan fingerprint density at radius 3 is 2.50 bits per heavy atom. The molecule has 1 saturated carbocycles. The van der Waals surface area contributed by atoms with Gasteiger partial charge in [0.1, 0.15) is 0 Å². The smallest absolute Gasteiger partial charge is 0.180 e. The summed E-state index contributed by atoms with van der Waals surface area (Å²) in [7, 11) is -3.39. The number of rotatable bonds is 6. The summed E-state index contributed by atoms with van der Waals surface area (Å²) in [6.45, 7) is 0.344. The van der Waals surface area contributed by atoms with Gasteiger partial charge in [0, 0.05) is 12.6 Å². The Morgan fingerprint density at radius 1 is 1.28 bits per heavy atom. The normalized spacial score (nSPS) is 18.3. The molecule has 0 bridgehead atoms. The molecule has 18 heavy (non-hydrogen) atoms. The van der Waals surface area contributed by atoms with Crippen LogP contribution in [0, 0.1) is 0 Å². The lowest BCUT2D eigenvalue weighted by atomic mass is 9.93. The van der Waals surface area contributed by atoms with Crippen molar-refractivity contribution in [1.29, 1.82) is 0 Å². The summed E-state index contributed by atoms with van der Waals surface area (Å²) in [5, 5.41) is 13.0. The molecule has 1 aliphatic rings. The number of hydrogen-bond acceptors (Lipinski definition) is 4. The van der Waals surface area contributed by atoms with E-state index in [0.29, 0.717) is 12.6 Å². The van der Waals surface area contributed by atoms with Gasteiger partial charge in [-0.05, 0) is 25.0 Å². The quantitative estimate of drug-likeness (QED) is 0.807. The molecule has 1 aromatic rings. The van der Waals surface area contributed by atoms with E-state index in [-0.39, 0.29) is 10.6 Å². The van der Waals surface area contributed by atoms with E-state index in [4.69, 9.17) is 0 Å². The van der Waals surface area contributed by atoms with Crippen molar-refractivity contribution in [3.05, 3.63) is 30.3 Å². The summed E-state index contributed by atoms with van der Waals surface area (Å²) in [6.07, 6.45) is 2.61. The Labute approximate surface area is 108 Å². The van der Waals surface area contributed by atoms with Gasteiger partial charge in [-0.25, -0.2) is 8.42 Å². The fraction of sp³-hybridized carbons (Fsp3) is 0.538. The third-order valence-corrected chi connectivity index (χ3v) is 5.08. The number of hydrogen-bond donors (Lipinski definition) is 2. The Kier molecular flexibility index (Phi) is 4.37. The fourth-order valence-electron chi connectivity index (χ4n) is 1.95. The molecule has 0 aromatic heterocycles. The van der Waals surface area contributed by atoms with Crippen LogP contribution < -0.4 is 5.32 Å². The van der Waals surface area contributed by atoms with Crippen molar-refractivity contribution in [2.75, 3.05) is 12.3 Å². The van der Waals surface area contributed by atoms with E-state index in [9.17, 15) is 13.5 Å². The highest BCUT2D eigenvalue weighted by atomic mass is 32.2. The number of aliphatic hydroxyl groups excluding tert-OH is 1. The molecular formula is C13H19NO3S. The zero-order valence-corrected chi connectivity index (χ0v) is 11.1. The predicted molar refractivity (Wildman–Crippen MR) is 70.1 cm³/mol. The zero-order chi connectivity index (χ0) is 13.0. The van der Waals surface area contributed by atoms with Crippen molar-refractivity contribution in [1.82, 2.24) is 5.32 Å². The maximum Gasteiger partial charge on any atom is 0.180 e. The van der Waals surface area contributed by atoms with E-state index in [0.717, 1.165) is 12.8 Å². The summed E-state index contributed by atoms with van der Waals surface area (Å²) in [5.74, 6) is -0.225. The molecule has 1 aromatic carbocycles. The number of benzene rings is 1. The third-order valence-electron chi connectivity index (χ3n) is 3.26. The van der Waals surface area contributed by atoms with Gasteiger partial charge in [-0.2, -0.15) is 0 Å². The van der Waals surface area contributed by atoms with Gasteiger partial charge in [-0.1, -0.05) is 24.6 Å². The molecule has 0 aliphatic heterocycles. The van der Waals surface area contributed by atoms with Crippen LogP contribution in [-0.4, -0.2) is 38.0 Å². The van der Waals surface area contributed by atoms with Crippen LogP contribution in [0.1, 0.15) is 19.3 Å². The predicted octanol–water partition coefficient (Wildman–Crippen LogP) is 0.963. The van der Waals surface area contributed by atoms with Gasteiger partial charge in [0.15, 0.2) is 9.84 Å². The molecule has 0 saturated heterocycles. The molecule has 1 atom stereocenters. The monoisotopic (exact) mass is 269 g/mol. The minimum absolute atomic E-state index is 0.225. The molecule has 0 spiro atoms. The first-order valence-electron chi connectivity index (χ1n) is 6.27. The molecule has 2 rings (SSSR count). The largest absolute Gasteiger partial charge is 0.391 e. The number of nitrogens with one attached hydrogen (secondary N) is 1. The summed E-state index contributed by atoms with van der Waals surface area (Å²) in [6, 6.07) is 8.72. The first-order chi connectivity index (χ1) is 8.58. The van der Waals surface area contributed by atoms with Crippen LogP contribution in [0.2, 0.25) is 0 Å². The zero-order valence-electron chi connectivity index (χ0n) is 10.2. The molecule has 100 valence electrons. The van der Waals surface area contributed by atoms with Gasteiger partial charge in [0.2, 0.25) is 0 Å². The summed E-state index contributed by atoms with van der Waals surface area (Å²) < 4.78 is 24.0. The van der Waals surface area contributed by atoms with Crippen LogP contribution in [0.4, 0.5) is 0 Å². The summed E-state index contributed by atoms with van der Waals surface area (Å²) in [5.41, 5.74) is 0. The second-order valence-corrected chi connectivity index (χ2v) is 6.82. The second-order valence-electron chi connectivity index (χ2n) is 4.78. The van der Waals surface area contributed by atoms with Crippen LogP contribution in [0.5, 0.6) is 0 Å². The van der Waals surface area contributed by atoms with E-state index in [1.54, 1.807) is 30.3 Å². The van der Waals surface area contributed by atoms with Gasteiger partial charge < -0.3 is 10.4 Å². The molecule has 1 fully saturated rings. The minimum atomic E-state index is -3.39. The molecule has 5 heteroatoms. The SMILES string of the molecule is O=S(=O)(CC(O)CNC1CCC1)c1ccccc1. The average Bonchev–Trinajstić information content (AvgIpc) is 2.27. The summed E-state index contributed by atoms with van der Waals surface area (Å²) in [4.78, 5) is 0.271. The van der Waals surface area contributed by atoms with Crippen LogP contribution in [-0.2, 0) is 9.84 Å². The van der Waals surface area contributed by atoms with Crippen LogP contribution in [0.25, 0.3) is 0 Å². The maximum absolute atomic E-state index is 12.0. The van der Waals surface area contributed by atoms with Gasteiger partial charge in [-0.15, -0.1) is 0 Å². The molecule has 2 N–H and O–H groups in total. The van der Waals surface area contributed by atoms with E-state index >= 15 is 0 Å². The topological polar surface area (TPSA) is 66.4 Å². The molecule has 0 amide bonds. The Morgan fingerprint density at radius 2 is 1.94 bits per heavy atom. The highest BCUT2D eigenvalue weighted by molar-refractivity contribution is 7.91. The molecular weight excluding hydrogens is 250 g/mol. The lowest BCUT2D eigenvalue weighted by Gasteiger charge is -2.27. The molecule has 1 aliphatic carbocycles. The minimum Gasteiger partial charge on any atom is -0.391 e. The van der Waals surface area contributed by atoms with Gasteiger partial charge in [0.05, 0.1) is 16.8 Å².